The van der Waals surface area contributed by atoms with Crippen LogP contribution >= 0.6 is 0 Å². The Morgan fingerprint density at radius 1 is 1.11 bits per heavy atom. The van der Waals surface area contributed by atoms with E-state index in [1.807, 2.05) is 10.6 Å². The van der Waals surface area contributed by atoms with Gasteiger partial charge in [0.1, 0.15) is 0 Å². The number of hydrogen-bond donors (Lipinski definition) is 3. The Labute approximate surface area is 54.3 Å². The van der Waals surface area contributed by atoms with E-state index in [-0.39, 0.29) is 0 Å². The molecule has 0 aromatic carbocycles. The quantitative estimate of drug-likeness (QED) is 0.387. The summed E-state index contributed by atoms with van der Waals surface area (Å²) in [4.78, 5) is 0. The van der Waals surface area contributed by atoms with Crippen LogP contribution in [0.5, 0.6) is 0 Å². The van der Waals surface area contributed by atoms with Crippen molar-refractivity contribution in [1.29, 1.82) is 0 Å². The van der Waals surface area contributed by atoms with Crippen molar-refractivity contribution in [2.45, 2.75) is 13.8 Å². The lowest BCUT2D eigenvalue weighted by molar-refractivity contribution is 0.177. The van der Waals surface area contributed by atoms with Gasteiger partial charge in [0, 0.05) is 0 Å². The van der Waals surface area contributed by atoms with E-state index in [0.29, 0.717) is 0 Å². The zero-order chi connectivity index (χ0) is 7.54. The third-order valence-electron chi connectivity index (χ3n) is 0.540. The standard InChI is InChI=1S/C4H11N.H2N2O2/c1-3-5-4-2;3-1-2-4/h5H,3-4H2,1-2H3;(H,1,4)(H,2,3). The summed E-state index contributed by atoms with van der Waals surface area (Å²) < 4.78 is 0. The van der Waals surface area contributed by atoms with Crippen LogP contribution in [0.3, 0.4) is 0 Å². The van der Waals surface area contributed by atoms with E-state index in [4.69, 9.17) is 10.4 Å². The normalized spacial score (nSPS) is 8.67. The van der Waals surface area contributed by atoms with Crippen LogP contribution in [0.1, 0.15) is 13.8 Å². The van der Waals surface area contributed by atoms with Crippen LogP contribution in [0.4, 0.5) is 0 Å². The van der Waals surface area contributed by atoms with Crippen molar-refractivity contribution in [2.75, 3.05) is 13.1 Å². The number of nitrogens with zero attached hydrogens (tertiary/aromatic N) is 2. The van der Waals surface area contributed by atoms with Crippen molar-refractivity contribution in [2.24, 2.45) is 10.6 Å². The number of rotatable bonds is 2. The van der Waals surface area contributed by atoms with Crippen LogP contribution in [0.25, 0.3) is 0 Å². The fourth-order valence-electron chi connectivity index (χ4n) is 0.250. The molecular weight excluding hydrogens is 122 g/mol. The molecule has 0 amide bonds. The van der Waals surface area contributed by atoms with Gasteiger partial charge in [0.05, 0.1) is 10.6 Å². The first kappa shape index (κ1) is 11.0. The maximum absolute atomic E-state index is 7.08. The molecule has 0 unspecified atom stereocenters. The van der Waals surface area contributed by atoms with Crippen molar-refractivity contribution >= 4 is 0 Å². The SMILES string of the molecule is CCNCC.ON=NO. The highest BCUT2D eigenvalue weighted by Gasteiger charge is 1.62. The second kappa shape index (κ2) is 15.7. The highest BCUT2D eigenvalue weighted by molar-refractivity contribution is 4.27. The molecule has 9 heavy (non-hydrogen) atoms. The molecule has 0 rings (SSSR count). The monoisotopic (exact) mass is 135 g/mol. The van der Waals surface area contributed by atoms with E-state index in [9.17, 15) is 0 Å². The lowest BCUT2D eigenvalue weighted by Gasteiger charge is -1.86. The van der Waals surface area contributed by atoms with Gasteiger partial charge in [0.15, 0.2) is 0 Å². The molecule has 0 spiro atoms. The first-order valence-electron chi connectivity index (χ1n) is 2.72. The van der Waals surface area contributed by atoms with Crippen molar-refractivity contribution < 1.29 is 10.4 Å². The van der Waals surface area contributed by atoms with Gasteiger partial charge in [0.2, 0.25) is 0 Å². The van der Waals surface area contributed by atoms with Gasteiger partial charge < -0.3 is 15.7 Å². The van der Waals surface area contributed by atoms with Gasteiger partial charge in [-0.3, -0.25) is 0 Å². The highest BCUT2D eigenvalue weighted by Crippen LogP contribution is 1.47. The molecule has 3 N–H and O–H groups in total. The molecule has 0 saturated carbocycles. The molecule has 0 aliphatic heterocycles. The Bertz CT molecular complexity index is 51.8. The topological polar surface area (TPSA) is 77.2 Å². The van der Waals surface area contributed by atoms with Crippen LogP contribution in [0.15, 0.2) is 10.6 Å². The average Bonchev–Trinajstić information content (AvgIpc) is 1.91. The lowest BCUT2D eigenvalue weighted by atomic mass is 10.7. The van der Waals surface area contributed by atoms with Crippen LogP contribution in [0, 0.1) is 0 Å². The number of hydrogen-bond acceptors (Lipinski definition) is 3. The second-order valence-electron chi connectivity index (χ2n) is 1.14. The molecule has 0 saturated heterocycles. The van der Waals surface area contributed by atoms with Crippen molar-refractivity contribution in [3.05, 3.63) is 0 Å². The van der Waals surface area contributed by atoms with E-state index in [0.717, 1.165) is 13.1 Å². The summed E-state index contributed by atoms with van der Waals surface area (Å²) in [6.07, 6.45) is 0. The van der Waals surface area contributed by atoms with Gasteiger partial charge >= 0.3 is 0 Å². The molecule has 0 atom stereocenters. The van der Waals surface area contributed by atoms with Gasteiger partial charge in [-0.2, -0.15) is 0 Å². The molecule has 0 heterocycles. The Kier molecular flexibility index (Phi) is 19.2. The fourth-order valence-corrected chi connectivity index (χ4v) is 0.250. The summed E-state index contributed by atoms with van der Waals surface area (Å²) in [6, 6.07) is 0. The molecule has 5 heteroatoms. The molecule has 0 fully saturated rings. The minimum absolute atomic E-state index is 1.09. The molecule has 0 bridgehead atoms. The Morgan fingerprint density at radius 2 is 1.44 bits per heavy atom. The van der Waals surface area contributed by atoms with E-state index < -0.39 is 0 Å². The fraction of sp³-hybridized carbons (Fsp3) is 1.00. The molecule has 5 nitrogen and oxygen atoms in total. The second-order valence-corrected chi connectivity index (χ2v) is 1.14. The smallest absolute Gasteiger partial charge is 0.0606 e. The maximum atomic E-state index is 7.08. The largest absolute Gasteiger partial charge is 0.392 e. The summed E-state index contributed by atoms with van der Waals surface area (Å²) in [5.41, 5.74) is 0. The third kappa shape index (κ3) is 40.9. The number of nitrogens with one attached hydrogen (secondary N) is 1. The third-order valence-corrected chi connectivity index (χ3v) is 0.540. The van der Waals surface area contributed by atoms with Gasteiger partial charge in [-0.1, -0.05) is 13.8 Å². The van der Waals surface area contributed by atoms with Crippen molar-refractivity contribution in [1.82, 2.24) is 5.32 Å². The minimum Gasteiger partial charge on any atom is -0.392 e. The van der Waals surface area contributed by atoms with Gasteiger partial charge in [-0.15, -0.1) is 0 Å². The van der Waals surface area contributed by atoms with E-state index in [1.54, 1.807) is 0 Å². The molecule has 0 aromatic heterocycles. The van der Waals surface area contributed by atoms with Gasteiger partial charge in [0.25, 0.3) is 0 Å². The zero-order valence-corrected chi connectivity index (χ0v) is 5.70. The average molecular weight is 135 g/mol. The Balaban J connectivity index is 0. The molecule has 0 aromatic rings. The molecule has 0 aliphatic carbocycles. The summed E-state index contributed by atoms with van der Waals surface area (Å²) in [7, 11) is 0. The van der Waals surface area contributed by atoms with E-state index >= 15 is 0 Å². The molecule has 56 valence electrons. The minimum atomic E-state index is 1.09. The van der Waals surface area contributed by atoms with Crippen LogP contribution in [-0.4, -0.2) is 23.5 Å². The first-order valence-corrected chi connectivity index (χ1v) is 2.72. The highest BCUT2D eigenvalue weighted by atomic mass is 16.5. The van der Waals surface area contributed by atoms with Crippen molar-refractivity contribution in [3.8, 4) is 0 Å². The lowest BCUT2D eigenvalue weighted by Crippen LogP contribution is -2.09. The van der Waals surface area contributed by atoms with Gasteiger partial charge in [-0.05, 0) is 13.1 Å². The summed E-state index contributed by atoms with van der Waals surface area (Å²) in [5, 5.41) is 21.1. The predicted molar refractivity (Wildman–Crippen MR) is 32.6 cm³/mol. The van der Waals surface area contributed by atoms with Crippen LogP contribution in [-0.2, 0) is 0 Å². The molecule has 0 aliphatic rings. The van der Waals surface area contributed by atoms with Gasteiger partial charge in [-0.25, -0.2) is 0 Å². The Morgan fingerprint density at radius 3 is 1.44 bits per heavy atom. The van der Waals surface area contributed by atoms with Crippen molar-refractivity contribution in [3.63, 3.8) is 0 Å². The summed E-state index contributed by atoms with van der Waals surface area (Å²) in [5.74, 6) is 0. The zero-order valence-electron chi connectivity index (χ0n) is 5.70. The maximum Gasteiger partial charge on any atom is 0.0606 e. The first-order chi connectivity index (χ1) is 4.33. The summed E-state index contributed by atoms with van der Waals surface area (Å²) in [6.45, 7) is 6.39. The summed E-state index contributed by atoms with van der Waals surface area (Å²) >= 11 is 0. The molecule has 0 radical (unpaired) electrons. The van der Waals surface area contributed by atoms with Crippen LogP contribution < -0.4 is 5.32 Å². The van der Waals surface area contributed by atoms with E-state index in [1.165, 1.54) is 0 Å². The molecular formula is C4H13N3O2. The Hall–Kier alpha value is -0.840. The predicted octanol–water partition coefficient (Wildman–Crippen LogP) is 0.833. The van der Waals surface area contributed by atoms with E-state index in [2.05, 4.69) is 19.2 Å². The van der Waals surface area contributed by atoms with Crippen LogP contribution in [0.2, 0.25) is 0 Å².